The molecule has 0 aromatic heterocycles. The number of rotatable bonds is 2. The lowest BCUT2D eigenvalue weighted by atomic mass is 10.1. The molecule has 0 aliphatic carbocycles. The number of hydrogen-bond donors (Lipinski definition) is 0. The number of ether oxygens (including phenoxy) is 1. The molecule has 0 atom stereocenters. The summed E-state index contributed by atoms with van der Waals surface area (Å²) in [6.45, 7) is 1.99. The maximum atomic E-state index is 8.52. The highest BCUT2D eigenvalue weighted by atomic mass is 16.5. The molecule has 12 heavy (non-hydrogen) atoms. The highest BCUT2D eigenvalue weighted by molar-refractivity contribution is 5.36. The first-order valence-corrected chi connectivity index (χ1v) is 3.78. The predicted molar refractivity (Wildman–Crippen MR) is 47.0 cm³/mol. The van der Waals surface area contributed by atoms with Crippen LogP contribution in [0, 0.1) is 18.3 Å². The second-order valence-electron chi connectivity index (χ2n) is 2.63. The molecule has 0 heterocycles. The maximum Gasteiger partial charge on any atom is 0.119 e. The minimum atomic E-state index is 0.447. The van der Waals surface area contributed by atoms with Crippen molar-refractivity contribution < 1.29 is 4.74 Å². The van der Waals surface area contributed by atoms with Crippen LogP contribution < -0.4 is 4.74 Å². The van der Waals surface area contributed by atoms with E-state index in [2.05, 4.69) is 6.07 Å². The van der Waals surface area contributed by atoms with E-state index in [1.165, 1.54) is 0 Å². The Labute approximate surface area is 72.4 Å². The van der Waals surface area contributed by atoms with Gasteiger partial charge in [-0.3, -0.25) is 0 Å². The van der Waals surface area contributed by atoms with Crippen LogP contribution >= 0.6 is 0 Å². The van der Waals surface area contributed by atoms with Gasteiger partial charge in [0.1, 0.15) is 5.75 Å². The molecule has 0 saturated heterocycles. The zero-order valence-electron chi connectivity index (χ0n) is 7.29. The van der Waals surface area contributed by atoms with E-state index in [4.69, 9.17) is 10.00 Å². The van der Waals surface area contributed by atoms with E-state index in [0.717, 1.165) is 16.9 Å². The van der Waals surface area contributed by atoms with Gasteiger partial charge in [-0.15, -0.1) is 0 Å². The van der Waals surface area contributed by atoms with Gasteiger partial charge in [-0.2, -0.15) is 5.26 Å². The normalized spacial score (nSPS) is 9.08. The largest absolute Gasteiger partial charge is 0.497 e. The zero-order chi connectivity index (χ0) is 8.97. The van der Waals surface area contributed by atoms with Gasteiger partial charge in [0, 0.05) is 0 Å². The Balaban J connectivity index is 3.01. The van der Waals surface area contributed by atoms with Crippen molar-refractivity contribution in [1.82, 2.24) is 0 Å². The van der Waals surface area contributed by atoms with Crippen molar-refractivity contribution in [3.63, 3.8) is 0 Å². The van der Waals surface area contributed by atoms with E-state index in [-0.39, 0.29) is 0 Å². The molecule has 0 unspecified atom stereocenters. The van der Waals surface area contributed by atoms with Crippen LogP contribution in [0.4, 0.5) is 0 Å². The Hall–Kier alpha value is -1.49. The molecule has 2 heteroatoms. The standard InChI is InChI=1S/C10H11NO/c1-8-3-4-10(12-2)7-9(8)5-6-11/h3-4,7H,5H2,1-2H3. The number of benzene rings is 1. The predicted octanol–water partition coefficient (Wildman–Crippen LogP) is 2.07. The summed E-state index contributed by atoms with van der Waals surface area (Å²) in [5.74, 6) is 0.811. The van der Waals surface area contributed by atoms with Crippen LogP contribution in [0.3, 0.4) is 0 Å². The van der Waals surface area contributed by atoms with E-state index in [0.29, 0.717) is 6.42 Å². The maximum absolute atomic E-state index is 8.52. The zero-order valence-corrected chi connectivity index (χ0v) is 7.29. The van der Waals surface area contributed by atoms with E-state index in [1.807, 2.05) is 25.1 Å². The Kier molecular flexibility index (Phi) is 2.71. The first-order chi connectivity index (χ1) is 5.77. The molecule has 0 N–H and O–H groups in total. The fourth-order valence-corrected chi connectivity index (χ4v) is 1.05. The molecule has 0 radical (unpaired) electrons. The van der Waals surface area contributed by atoms with Crippen LogP contribution in [0.5, 0.6) is 5.75 Å². The van der Waals surface area contributed by atoms with Crippen molar-refractivity contribution in [2.24, 2.45) is 0 Å². The topological polar surface area (TPSA) is 33.0 Å². The van der Waals surface area contributed by atoms with E-state index < -0.39 is 0 Å². The Morgan fingerprint density at radius 1 is 1.50 bits per heavy atom. The summed E-state index contributed by atoms with van der Waals surface area (Å²) in [4.78, 5) is 0. The molecule has 1 aromatic rings. The van der Waals surface area contributed by atoms with Crippen LogP contribution in [0.15, 0.2) is 18.2 Å². The summed E-state index contributed by atoms with van der Waals surface area (Å²) in [5, 5.41) is 8.52. The average Bonchev–Trinajstić information content (AvgIpc) is 2.09. The highest BCUT2D eigenvalue weighted by Crippen LogP contribution is 2.16. The third-order valence-electron chi connectivity index (χ3n) is 1.83. The second-order valence-corrected chi connectivity index (χ2v) is 2.63. The lowest BCUT2D eigenvalue weighted by Gasteiger charge is -2.04. The van der Waals surface area contributed by atoms with Crippen molar-refractivity contribution in [2.75, 3.05) is 7.11 Å². The van der Waals surface area contributed by atoms with Gasteiger partial charge in [-0.25, -0.2) is 0 Å². The smallest absolute Gasteiger partial charge is 0.119 e. The molecule has 0 saturated carbocycles. The number of methoxy groups -OCH3 is 1. The molecule has 0 spiro atoms. The van der Waals surface area contributed by atoms with Crippen molar-refractivity contribution in [2.45, 2.75) is 13.3 Å². The monoisotopic (exact) mass is 161 g/mol. The SMILES string of the molecule is COc1ccc(C)c(CC#N)c1. The minimum absolute atomic E-state index is 0.447. The fourth-order valence-electron chi connectivity index (χ4n) is 1.05. The Morgan fingerprint density at radius 2 is 2.25 bits per heavy atom. The number of hydrogen-bond acceptors (Lipinski definition) is 2. The van der Waals surface area contributed by atoms with Crippen molar-refractivity contribution >= 4 is 0 Å². The molecular formula is C10H11NO. The summed E-state index contributed by atoms with van der Waals surface area (Å²) < 4.78 is 5.05. The number of nitrogens with zero attached hydrogens (tertiary/aromatic N) is 1. The van der Waals surface area contributed by atoms with Crippen molar-refractivity contribution in [3.8, 4) is 11.8 Å². The van der Waals surface area contributed by atoms with E-state index >= 15 is 0 Å². The van der Waals surface area contributed by atoms with Gasteiger partial charge >= 0.3 is 0 Å². The first kappa shape index (κ1) is 8.61. The summed E-state index contributed by atoms with van der Waals surface area (Å²) in [7, 11) is 1.63. The highest BCUT2D eigenvalue weighted by Gasteiger charge is 1.98. The van der Waals surface area contributed by atoms with Crippen molar-refractivity contribution in [3.05, 3.63) is 29.3 Å². The molecule has 0 aliphatic rings. The van der Waals surface area contributed by atoms with Crippen LogP contribution in [-0.2, 0) is 6.42 Å². The minimum Gasteiger partial charge on any atom is -0.497 e. The van der Waals surface area contributed by atoms with Crippen LogP contribution in [0.25, 0.3) is 0 Å². The molecule has 0 fully saturated rings. The van der Waals surface area contributed by atoms with Gasteiger partial charge < -0.3 is 4.74 Å². The van der Waals surface area contributed by atoms with E-state index in [9.17, 15) is 0 Å². The molecule has 0 bridgehead atoms. The summed E-state index contributed by atoms with van der Waals surface area (Å²) >= 11 is 0. The molecule has 0 aliphatic heterocycles. The van der Waals surface area contributed by atoms with E-state index in [1.54, 1.807) is 7.11 Å². The molecule has 1 aromatic carbocycles. The second kappa shape index (κ2) is 3.77. The van der Waals surface area contributed by atoms with Crippen LogP contribution in [0.2, 0.25) is 0 Å². The van der Waals surface area contributed by atoms with Gasteiger partial charge in [0.25, 0.3) is 0 Å². The van der Waals surface area contributed by atoms with Crippen LogP contribution in [-0.4, -0.2) is 7.11 Å². The summed E-state index contributed by atoms with van der Waals surface area (Å²) in [6, 6.07) is 7.88. The third-order valence-corrected chi connectivity index (χ3v) is 1.83. The van der Waals surface area contributed by atoms with Gasteiger partial charge in [0.2, 0.25) is 0 Å². The Morgan fingerprint density at radius 3 is 2.83 bits per heavy atom. The molecule has 62 valence electrons. The van der Waals surface area contributed by atoms with Crippen molar-refractivity contribution in [1.29, 1.82) is 5.26 Å². The van der Waals surface area contributed by atoms with Gasteiger partial charge in [-0.1, -0.05) is 6.07 Å². The van der Waals surface area contributed by atoms with Crippen LogP contribution in [0.1, 0.15) is 11.1 Å². The lowest BCUT2D eigenvalue weighted by molar-refractivity contribution is 0.414. The molecule has 1 rings (SSSR count). The summed E-state index contributed by atoms with van der Waals surface area (Å²) in [6.07, 6.45) is 0.447. The third kappa shape index (κ3) is 1.76. The average molecular weight is 161 g/mol. The molecule has 2 nitrogen and oxygen atoms in total. The van der Waals surface area contributed by atoms with Gasteiger partial charge in [-0.05, 0) is 30.2 Å². The summed E-state index contributed by atoms with van der Waals surface area (Å²) in [5.41, 5.74) is 2.18. The lowest BCUT2D eigenvalue weighted by Crippen LogP contribution is -1.89. The quantitative estimate of drug-likeness (QED) is 0.665. The fraction of sp³-hybridized carbons (Fsp3) is 0.300. The Bertz CT molecular complexity index is 312. The first-order valence-electron chi connectivity index (χ1n) is 3.78. The van der Waals surface area contributed by atoms with Gasteiger partial charge in [0.05, 0.1) is 19.6 Å². The molecule has 0 amide bonds. The van der Waals surface area contributed by atoms with Gasteiger partial charge in [0.15, 0.2) is 0 Å². The number of aryl methyl sites for hydroxylation is 1. The number of nitriles is 1. The molecular weight excluding hydrogens is 150 g/mol.